The summed E-state index contributed by atoms with van der Waals surface area (Å²) in [5, 5.41) is 34.0. The predicted octanol–water partition coefficient (Wildman–Crippen LogP) is -2.98. The number of carbonyl (C=O) groups is 6. The number of carboxylic acids is 2. The van der Waals surface area contributed by atoms with Gasteiger partial charge >= 0.3 is 11.9 Å². The summed E-state index contributed by atoms with van der Waals surface area (Å²) in [5.41, 5.74) is 10.4. The molecule has 0 aliphatic heterocycles. The minimum atomic E-state index is -1.43. The SMILES string of the molecule is CC(C)CC(NC(=O)C(CCC(=O)O)NC(=O)C(N)CO)C(=O)NC(CCC(N)=O)C(=O)O. The molecule has 10 N–H and O–H groups in total. The topological polar surface area (TPSA) is 251 Å². The number of aliphatic hydroxyl groups excluding tert-OH is 1. The maximum Gasteiger partial charge on any atom is 0.326 e. The number of amides is 4. The monoisotopic (exact) mass is 475 g/mol. The number of hydrogen-bond donors (Lipinski definition) is 8. The third-order valence-electron chi connectivity index (χ3n) is 4.45. The smallest absolute Gasteiger partial charge is 0.326 e. The first kappa shape index (κ1) is 29.7. The van der Waals surface area contributed by atoms with Gasteiger partial charge in [-0.25, -0.2) is 4.79 Å². The maximum atomic E-state index is 12.8. The Morgan fingerprint density at radius 3 is 1.73 bits per heavy atom. The number of primary amides is 1. The highest BCUT2D eigenvalue weighted by atomic mass is 16.4. The summed E-state index contributed by atoms with van der Waals surface area (Å²) in [6.45, 7) is 2.79. The van der Waals surface area contributed by atoms with E-state index in [1.807, 2.05) is 0 Å². The molecule has 0 rings (SSSR count). The lowest BCUT2D eigenvalue weighted by Gasteiger charge is -2.25. The van der Waals surface area contributed by atoms with E-state index in [0.717, 1.165) is 0 Å². The van der Waals surface area contributed by atoms with Crippen molar-refractivity contribution in [1.29, 1.82) is 0 Å². The normalized spacial score (nSPS) is 14.5. The van der Waals surface area contributed by atoms with Crippen molar-refractivity contribution in [2.75, 3.05) is 6.61 Å². The average molecular weight is 475 g/mol. The number of nitrogens with one attached hydrogen (secondary N) is 3. The lowest BCUT2D eigenvalue weighted by atomic mass is 10.0. The van der Waals surface area contributed by atoms with Crippen molar-refractivity contribution in [2.24, 2.45) is 17.4 Å². The molecule has 0 aromatic heterocycles. The van der Waals surface area contributed by atoms with Crippen molar-refractivity contribution in [1.82, 2.24) is 16.0 Å². The third-order valence-corrected chi connectivity index (χ3v) is 4.45. The Morgan fingerprint density at radius 1 is 0.788 bits per heavy atom. The highest BCUT2D eigenvalue weighted by molar-refractivity contribution is 5.94. The van der Waals surface area contributed by atoms with Crippen LogP contribution in [0.15, 0.2) is 0 Å². The van der Waals surface area contributed by atoms with Gasteiger partial charge in [0.25, 0.3) is 0 Å². The van der Waals surface area contributed by atoms with Crippen molar-refractivity contribution in [2.45, 2.75) is 70.1 Å². The third kappa shape index (κ3) is 12.4. The van der Waals surface area contributed by atoms with Crippen molar-refractivity contribution in [3.8, 4) is 0 Å². The van der Waals surface area contributed by atoms with Crippen LogP contribution in [0.1, 0.15) is 46.0 Å². The summed E-state index contributed by atoms with van der Waals surface area (Å²) in [5.74, 6) is -6.13. The number of aliphatic hydroxyl groups is 1. The van der Waals surface area contributed by atoms with Crippen LogP contribution >= 0.6 is 0 Å². The van der Waals surface area contributed by atoms with Gasteiger partial charge in [-0.15, -0.1) is 0 Å². The molecule has 0 fully saturated rings. The lowest BCUT2D eigenvalue weighted by molar-refractivity contribution is -0.142. The molecule has 0 saturated carbocycles. The first-order chi connectivity index (χ1) is 15.3. The number of nitrogens with two attached hydrogens (primary N) is 2. The molecule has 0 aromatic carbocycles. The Balaban J connectivity index is 5.51. The highest BCUT2D eigenvalue weighted by Gasteiger charge is 2.31. The summed E-state index contributed by atoms with van der Waals surface area (Å²) >= 11 is 0. The van der Waals surface area contributed by atoms with Gasteiger partial charge in [0.2, 0.25) is 23.6 Å². The molecule has 4 unspecified atom stereocenters. The predicted molar refractivity (Wildman–Crippen MR) is 113 cm³/mol. The fourth-order valence-corrected chi connectivity index (χ4v) is 2.69. The molecule has 0 aliphatic rings. The van der Waals surface area contributed by atoms with Crippen molar-refractivity contribution >= 4 is 35.6 Å². The van der Waals surface area contributed by atoms with Gasteiger partial charge in [0.05, 0.1) is 6.61 Å². The molecular weight excluding hydrogens is 442 g/mol. The molecule has 0 radical (unpaired) electrons. The van der Waals surface area contributed by atoms with Gasteiger partial charge in [-0.1, -0.05) is 13.8 Å². The van der Waals surface area contributed by atoms with E-state index in [0.29, 0.717) is 0 Å². The molecular formula is C19H33N5O9. The summed E-state index contributed by atoms with van der Waals surface area (Å²) in [6, 6.07) is -5.37. The molecule has 14 nitrogen and oxygen atoms in total. The molecule has 4 atom stereocenters. The van der Waals surface area contributed by atoms with Gasteiger partial charge in [-0.05, 0) is 25.2 Å². The number of aliphatic carboxylic acids is 2. The molecule has 188 valence electrons. The van der Waals surface area contributed by atoms with E-state index in [1.54, 1.807) is 13.8 Å². The maximum absolute atomic E-state index is 12.8. The van der Waals surface area contributed by atoms with Crippen LogP contribution in [-0.2, 0) is 28.8 Å². The molecule has 0 bridgehead atoms. The zero-order valence-electron chi connectivity index (χ0n) is 18.6. The molecule has 0 aliphatic carbocycles. The largest absolute Gasteiger partial charge is 0.481 e. The summed E-state index contributed by atoms with van der Waals surface area (Å²) in [6.07, 6.45) is -1.25. The fraction of sp³-hybridized carbons (Fsp3) is 0.684. The first-order valence-electron chi connectivity index (χ1n) is 10.3. The van der Waals surface area contributed by atoms with E-state index < -0.39 is 72.8 Å². The van der Waals surface area contributed by atoms with Gasteiger partial charge in [-0.2, -0.15) is 0 Å². The van der Waals surface area contributed by atoms with Crippen molar-refractivity contribution in [3.05, 3.63) is 0 Å². The highest BCUT2D eigenvalue weighted by Crippen LogP contribution is 2.08. The average Bonchev–Trinajstić information content (AvgIpc) is 2.71. The standard InChI is InChI=1S/C19H33N5O9/c1-9(2)7-13(18(31)23-12(19(32)33)3-5-14(21)26)24-17(30)11(4-6-15(27)28)22-16(29)10(20)8-25/h9-13,25H,3-8,20H2,1-2H3,(H2,21,26)(H,22,29)(H,23,31)(H,24,30)(H,27,28)(H,32,33). The van der Waals surface area contributed by atoms with Crippen LogP contribution in [0.4, 0.5) is 0 Å². The molecule has 4 amide bonds. The van der Waals surface area contributed by atoms with Crippen LogP contribution in [0.5, 0.6) is 0 Å². The van der Waals surface area contributed by atoms with Gasteiger partial charge in [0.15, 0.2) is 0 Å². The fourth-order valence-electron chi connectivity index (χ4n) is 2.69. The number of carboxylic acid groups (broad SMARTS) is 2. The number of carbonyl (C=O) groups excluding carboxylic acids is 4. The van der Waals surface area contributed by atoms with Crippen LogP contribution in [0.3, 0.4) is 0 Å². The van der Waals surface area contributed by atoms with Crippen LogP contribution in [-0.4, -0.2) is 81.7 Å². The van der Waals surface area contributed by atoms with E-state index in [1.165, 1.54) is 0 Å². The van der Waals surface area contributed by atoms with E-state index >= 15 is 0 Å². The minimum absolute atomic E-state index is 0.0927. The van der Waals surface area contributed by atoms with Gasteiger partial charge in [0.1, 0.15) is 24.2 Å². The zero-order valence-corrected chi connectivity index (χ0v) is 18.6. The summed E-state index contributed by atoms with van der Waals surface area (Å²) in [7, 11) is 0. The Kier molecular flexibility index (Phi) is 13.3. The second-order valence-electron chi connectivity index (χ2n) is 7.88. The van der Waals surface area contributed by atoms with Crippen LogP contribution in [0.2, 0.25) is 0 Å². The molecule has 0 spiro atoms. The van der Waals surface area contributed by atoms with E-state index in [-0.39, 0.29) is 31.6 Å². The van der Waals surface area contributed by atoms with E-state index in [2.05, 4.69) is 16.0 Å². The van der Waals surface area contributed by atoms with Gasteiger partial charge in [-0.3, -0.25) is 24.0 Å². The summed E-state index contributed by atoms with van der Waals surface area (Å²) < 4.78 is 0. The molecule has 0 aromatic rings. The lowest BCUT2D eigenvalue weighted by Crippen LogP contribution is -2.57. The number of rotatable bonds is 16. The van der Waals surface area contributed by atoms with Crippen LogP contribution < -0.4 is 27.4 Å². The number of hydrogen-bond acceptors (Lipinski definition) is 8. The zero-order chi connectivity index (χ0) is 25.7. The van der Waals surface area contributed by atoms with Crippen LogP contribution in [0, 0.1) is 5.92 Å². The Hall–Kier alpha value is -3.26. The van der Waals surface area contributed by atoms with Crippen molar-refractivity contribution < 1.29 is 44.1 Å². The minimum Gasteiger partial charge on any atom is -0.481 e. The van der Waals surface area contributed by atoms with Gasteiger partial charge in [0, 0.05) is 12.8 Å². The quantitative estimate of drug-likeness (QED) is 0.112. The molecule has 0 saturated heterocycles. The summed E-state index contributed by atoms with van der Waals surface area (Å²) in [4.78, 5) is 70.7. The molecule has 14 heteroatoms. The van der Waals surface area contributed by atoms with Crippen molar-refractivity contribution in [3.63, 3.8) is 0 Å². The van der Waals surface area contributed by atoms with E-state index in [4.69, 9.17) is 21.7 Å². The van der Waals surface area contributed by atoms with Crippen LogP contribution in [0.25, 0.3) is 0 Å². The second-order valence-corrected chi connectivity index (χ2v) is 7.88. The molecule has 33 heavy (non-hydrogen) atoms. The first-order valence-corrected chi connectivity index (χ1v) is 10.3. The second kappa shape index (κ2) is 14.7. The Labute approximate surface area is 190 Å². The van der Waals surface area contributed by atoms with E-state index in [9.17, 15) is 33.9 Å². The Morgan fingerprint density at radius 2 is 1.27 bits per heavy atom. The molecule has 0 heterocycles. The van der Waals surface area contributed by atoms with Gasteiger partial charge < -0.3 is 42.7 Å². The Bertz CT molecular complexity index is 728.